The molecule has 0 bridgehead atoms. The fourth-order valence-corrected chi connectivity index (χ4v) is 5.30. The first-order chi connectivity index (χ1) is 18.8. The number of nitrogens with one attached hydrogen (secondary N) is 1. The highest BCUT2D eigenvalue weighted by Crippen LogP contribution is 2.35. The Morgan fingerprint density at radius 3 is 1.58 bits per heavy atom. The van der Waals surface area contributed by atoms with Gasteiger partial charge in [-0.25, -0.2) is 0 Å². The fourth-order valence-electron chi connectivity index (χ4n) is 5.30. The molecule has 0 aliphatic rings. The molecule has 0 atom stereocenters. The number of aromatic nitrogens is 1. The first kappa shape index (κ1) is 22.1. The molecule has 0 spiro atoms. The number of nitrogens with zero attached hydrogens (tertiary/aromatic N) is 1. The van der Waals surface area contributed by atoms with Crippen molar-refractivity contribution in [1.82, 2.24) is 4.57 Å². The summed E-state index contributed by atoms with van der Waals surface area (Å²) in [6.07, 6.45) is 0. The standard InChI is InChI=1S/C36H26N2.H2/c1-3-9-26(10-4-1)27-15-20-30(21-16-27)37-31-22-17-28(18-23-31)29-19-24-36-34(25-29)33-13-7-8-14-35(33)38(36)32-11-5-2-6-12-32;/h1-25,37H;1H/i;1+1. The van der Waals surface area contributed by atoms with Crippen molar-refractivity contribution in [3.63, 3.8) is 0 Å². The Morgan fingerprint density at radius 1 is 0.395 bits per heavy atom. The Labute approximate surface area is 223 Å². The molecule has 0 saturated heterocycles. The number of fused-ring (bicyclic) bond motifs is 3. The van der Waals surface area contributed by atoms with E-state index in [4.69, 9.17) is 0 Å². The second-order valence-electron chi connectivity index (χ2n) is 9.57. The van der Waals surface area contributed by atoms with Crippen molar-refractivity contribution in [3.8, 4) is 27.9 Å². The molecule has 0 aliphatic carbocycles. The molecule has 0 unspecified atom stereocenters. The maximum Gasteiger partial charge on any atom is 0.0541 e. The molecule has 0 amide bonds. The molecule has 0 radical (unpaired) electrons. The number of hydrogen-bond donors (Lipinski definition) is 1. The minimum absolute atomic E-state index is 0. The van der Waals surface area contributed by atoms with Gasteiger partial charge in [-0.3, -0.25) is 0 Å². The fraction of sp³-hybridized carbons (Fsp3) is 0. The highest BCUT2D eigenvalue weighted by Gasteiger charge is 2.12. The number of hydrogen-bond acceptors (Lipinski definition) is 1. The summed E-state index contributed by atoms with van der Waals surface area (Å²) in [5, 5.41) is 6.07. The van der Waals surface area contributed by atoms with E-state index in [1.807, 2.05) is 6.07 Å². The van der Waals surface area contributed by atoms with Gasteiger partial charge in [0.15, 0.2) is 0 Å². The summed E-state index contributed by atoms with van der Waals surface area (Å²) in [5.41, 5.74) is 10.6. The van der Waals surface area contributed by atoms with E-state index >= 15 is 0 Å². The maximum absolute atomic E-state index is 3.53. The number of rotatable bonds is 5. The number of para-hydroxylation sites is 2. The first-order valence-electron chi connectivity index (χ1n) is 13.0. The average Bonchev–Trinajstić information content (AvgIpc) is 3.33. The second-order valence-corrected chi connectivity index (χ2v) is 9.57. The van der Waals surface area contributed by atoms with Crippen LogP contribution in [0.25, 0.3) is 49.7 Å². The van der Waals surface area contributed by atoms with Gasteiger partial charge in [0.05, 0.1) is 11.0 Å². The molecule has 2 nitrogen and oxygen atoms in total. The van der Waals surface area contributed by atoms with Gasteiger partial charge in [-0.05, 0) is 76.9 Å². The summed E-state index contributed by atoms with van der Waals surface area (Å²) in [7, 11) is 0. The smallest absolute Gasteiger partial charge is 0.0541 e. The van der Waals surface area contributed by atoms with E-state index in [0.29, 0.717) is 0 Å². The average molecular weight is 490 g/mol. The molecule has 7 rings (SSSR count). The summed E-state index contributed by atoms with van der Waals surface area (Å²) in [6.45, 7) is 0. The van der Waals surface area contributed by atoms with Crippen LogP contribution in [0.3, 0.4) is 0 Å². The zero-order chi connectivity index (χ0) is 25.3. The van der Waals surface area contributed by atoms with Crippen LogP contribution in [-0.2, 0) is 0 Å². The lowest BCUT2D eigenvalue weighted by Gasteiger charge is -2.10. The molecule has 6 aromatic carbocycles. The van der Waals surface area contributed by atoms with Gasteiger partial charge < -0.3 is 9.88 Å². The van der Waals surface area contributed by atoms with Crippen molar-refractivity contribution in [1.29, 1.82) is 0 Å². The van der Waals surface area contributed by atoms with Crippen LogP contribution < -0.4 is 5.32 Å². The molecule has 0 fully saturated rings. The predicted molar refractivity (Wildman–Crippen MR) is 163 cm³/mol. The quantitative estimate of drug-likeness (QED) is 0.254. The molecule has 182 valence electrons. The van der Waals surface area contributed by atoms with Crippen LogP contribution in [0.2, 0.25) is 0 Å². The van der Waals surface area contributed by atoms with Gasteiger partial charge in [0.25, 0.3) is 0 Å². The summed E-state index contributed by atoms with van der Waals surface area (Å²) in [5.74, 6) is 0. The van der Waals surface area contributed by atoms with E-state index in [1.54, 1.807) is 0 Å². The van der Waals surface area contributed by atoms with E-state index in [9.17, 15) is 0 Å². The first-order valence-corrected chi connectivity index (χ1v) is 13.0. The van der Waals surface area contributed by atoms with Gasteiger partial charge >= 0.3 is 0 Å². The number of benzene rings is 6. The van der Waals surface area contributed by atoms with Crippen LogP contribution in [0, 0.1) is 0 Å². The lowest BCUT2D eigenvalue weighted by atomic mass is 10.0. The van der Waals surface area contributed by atoms with Crippen molar-refractivity contribution in [2.24, 2.45) is 0 Å². The van der Waals surface area contributed by atoms with Crippen molar-refractivity contribution in [2.45, 2.75) is 0 Å². The van der Waals surface area contributed by atoms with Gasteiger partial charge in [-0.1, -0.05) is 97.1 Å². The second kappa shape index (κ2) is 9.42. The maximum atomic E-state index is 3.53. The van der Waals surface area contributed by atoms with E-state index < -0.39 is 0 Å². The molecule has 0 aliphatic heterocycles. The third-order valence-corrected chi connectivity index (χ3v) is 7.19. The van der Waals surface area contributed by atoms with Crippen LogP contribution in [-0.4, -0.2) is 4.57 Å². The zero-order valence-electron chi connectivity index (χ0n) is 20.9. The Kier molecular flexibility index (Phi) is 5.49. The van der Waals surface area contributed by atoms with Gasteiger partial charge in [-0.15, -0.1) is 0 Å². The Bertz CT molecular complexity index is 1850. The Balaban J connectivity index is 0.00000277. The molecule has 1 N–H and O–H groups in total. The minimum atomic E-state index is 0. The van der Waals surface area contributed by atoms with Crippen molar-refractivity contribution in [2.75, 3.05) is 5.32 Å². The largest absolute Gasteiger partial charge is 0.356 e. The van der Waals surface area contributed by atoms with Gasteiger partial charge in [0, 0.05) is 29.3 Å². The molecule has 1 aromatic heterocycles. The van der Waals surface area contributed by atoms with Crippen molar-refractivity contribution >= 4 is 33.2 Å². The third kappa shape index (κ3) is 4.03. The molecular formula is C36H28N2. The highest BCUT2D eigenvalue weighted by molar-refractivity contribution is 6.10. The molecular weight excluding hydrogens is 460 g/mol. The molecule has 38 heavy (non-hydrogen) atoms. The Hall–Kier alpha value is -5.08. The molecule has 0 saturated carbocycles. The normalized spacial score (nSPS) is 11.2. The summed E-state index contributed by atoms with van der Waals surface area (Å²) >= 11 is 0. The zero-order valence-corrected chi connectivity index (χ0v) is 20.9. The topological polar surface area (TPSA) is 17.0 Å². The minimum Gasteiger partial charge on any atom is -0.356 e. The predicted octanol–water partition coefficient (Wildman–Crippen LogP) is 10.1. The van der Waals surface area contributed by atoms with Gasteiger partial charge in [0.1, 0.15) is 0 Å². The monoisotopic (exact) mass is 489 g/mol. The van der Waals surface area contributed by atoms with Crippen LogP contribution in [0.15, 0.2) is 152 Å². The van der Waals surface area contributed by atoms with Crippen molar-refractivity contribution < 1.29 is 1.43 Å². The van der Waals surface area contributed by atoms with Crippen LogP contribution in [0.5, 0.6) is 0 Å². The Morgan fingerprint density at radius 2 is 0.895 bits per heavy atom. The van der Waals surface area contributed by atoms with E-state index in [2.05, 4.69) is 155 Å². The van der Waals surface area contributed by atoms with E-state index in [-0.39, 0.29) is 1.43 Å². The summed E-state index contributed by atoms with van der Waals surface area (Å²) < 4.78 is 2.35. The summed E-state index contributed by atoms with van der Waals surface area (Å²) in [6, 6.07) is 53.8. The molecule has 2 heteroatoms. The number of anilines is 2. The lowest BCUT2D eigenvalue weighted by molar-refractivity contribution is 1.18. The summed E-state index contributed by atoms with van der Waals surface area (Å²) in [4.78, 5) is 0. The lowest BCUT2D eigenvalue weighted by Crippen LogP contribution is -1.93. The SMILES string of the molecule is [2HH].c1ccc(-c2ccc(Nc3ccc(-c4ccc5c(c4)c4ccccc4n5-c4ccccc4)cc3)cc2)cc1. The van der Waals surface area contributed by atoms with Crippen LogP contribution in [0.1, 0.15) is 1.43 Å². The van der Waals surface area contributed by atoms with Gasteiger partial charge in [0.2, 0.25) is 0 Å². The third-order valence-electron chi connectivity index (χ3n) is 7.19. The van der Waals surface area contributed by atoms with Crippen LogP contribution >= 0.6 is 0 Å². The molecule has 1 heterocycles. The van der Waals surface area contributed by atoms with Crippen molar-refractivity contribution in [3.05, 3.63) is 152 Å². The van der Waals surface area contributed by atoms with Crippen LogP contribution in [0.4, 0.5) is 11.4 Å². The highest BCUT2D eigenvalue weighted by atomic mass is 15.0. The molecule has 7 aromatic rings. The van der Waals surface area contributed by atoms with E-state index in [0.717, 1.165) is 11.4 Å². The van der Waals surface area contributed by atoms with E-state index in [1.165, 1.54) is 49.7 Å². The van der Waals surface area contributed by atoms with Gasteiger partial charge in [-0.2, -0.15) is 0 Å².